The summed E-state index contributed by atoms with van der Waals surface area (Å²) in [5.74, 6) is 1.33. The van der Waals surface area contributed by atoms with Gasteiger partial charge in [-0.05, 0) is 88.7 Å². The average Bonchev–Trinajstić information content (AvgIpc) is 3.25. The number of tetrazole rings is 1. The van der Waals surface area contributed by atoms with Gasteiger partial charge in [-0.1, -0.05) is 12.1 Å². The number of aromatic nitrogens is 4. The van der Waals surface area contributed by atoms with E-state index in [-0.39, 0.29) is 5.97 Å². The molecule has 0 saturated carbocycles. The van der Waals surface area contributed by atoms with Crippen molar-refractivity contribution in [1.29, 1.82) is 0 Å². The molecule has 0 fully saturated rings. The van der Waals surface area contributed by atoms with Crippen LogP contribution in [0.5, 0.6) is 11.5 Å². The lowest BCUT2D eigenvalue weighted by molar-refractivity contribution is -0.143. The molecule has 0 aliphatic heterocycles. The Morgan fingerprint density at radius 1 is 0.917 bits per heavy atom. The van der Waals surface area contributed by atoms with Gasteiger partial charge >= 0.3 is 12.1 Å². The monoisotopic (exact) mass is 495 g/mol. The SMILES string of the molecule is CC(C)(C)OC(=O)NCCOc1ccc(Cn2nnc(-c3ccc(OC(=O)C(C)(C)C)cc3)n2)cc1. The van der Waals surface area contributed by atoms with E-state index in [1.165, 1.54) is 4.80 Å². The Balaban J connectivity index is 1.48. The van der Waals surface area contributed by atoms with Crippen LogP contribution in [0.4, 0.5) is 4.79 Å². The summed E-state index contributed by atoms with van der Waals surface area (Å²) in [6.45, 7) is 11.9. The summed E-state index contributed by atoms with van der Waals surface area (Å²) >= 11 is 0. The molecule has 0 radical (unpaired) electrons. The molecule has 36 heavy (non-hydrogen) atoms. The van der Waals surface area contributed by atoms with Gasteiger partial charge in [0.05, 0.1) is 18.5 Å². The Morgan fingerprint density at radius 3 is 2.17 bits per heavy atom. The Labute approximate surface area is 210 Å². The summed E-state index contributed by atoms with van der Waals surface area (Å²) in [6.07, 6.45) is -0.471. The first-order chi connectivity index (χ1) is 16.9. The summed E-state index contributed by atoms with van der Waals surface area (Å²) in [6, 6.07) is 14.5. The summed E-state index contributed by atoms with van der Waals surface area (Å²) in [5, 5.41) is 15.3. The highest BCUT2D eigenvalue weighted by Gasteiger charge is 2.23. The number of benzene rings is 2. The fourth-order valence-corrected chi connectivity index (χ4v) is 2.85. The van der Waals surface area contributed by atoms with E-state index in [1.807, 2.05) is 45.0 Å². The standard InChI is InChI=1S/C26H33N5O5/c1-25(2,3)23(32)35-21-13-9-19(10-14-21)22-28-30-31(29-22)17-18-7-11-20(12-8-18)34-16-15-27-24(33)36-26(4,5)6/h7-14H,15-17H2,1-6H3,(H,27,33). The van der Waals surface area contributed by atoms with E-state index >= 15 is 0 Å². The number of hydrogen-bond donors (Lipinski definition) is 1. The first-order valence-corrected chi connectivity index (χ1v) is 11.7. The zero-order chi connectivity index (χ0) is 26.3. The van der Waals surface area contributed by atoms with Crippen LogP contribution in [-0.2, 0) is 16.1 Å². The van der Waals surface area contributed by atoms with Crippen molar-refractivity contribution in [3.63, 3.8) is 0 Å². The Morgan fingerprint density at radius 2 is 1.56 bits per heavy atom. The van der Waals surface area contributed by atoms with Crippen LogP contribution >= 0.6 is 0 Å². The molecule has 10 nitrogen and oxygen atoms in total. The predicted molar refractivity (Wildman–Crippen MR) is 134 cm³/mol. The zero-order valence-electron chi connectivity index (χ0n) is 21.6. The van der Waals surface area contributed by atoms with E-state index < -0.39 is 17.1 Å². The lowest BCUT2D eigenvalue weighted by Gasteiger charge is -2.19. The summed E-state index contributed by atoms with van der Waals surface area (Å²) in [4.78, 5) is 25.2. The van der Waals surface area contributed by atoms with E-state index in [9.17, 15) is 9.59 Å². The van der Waals surface area contributed by atoms with Gasteiger partial charge < -0.3 is 19.5 Å². The maximum absolute atomic E-state index is 12.0. The van der Waals surface area contributed by atoms with Crippen molar-refractivity contribution in [3.05, 3.63) is 54.1 Å². The molecule has 1 N–H and O–H groups in total. The number of amides is 1. The maximum Gasteiger partial charge on any atom is 0.407 e. The topological polar surface area (TPSA) is 117 Å². The Kier molecular flexibility index (Phi) is 8.29. The number of hydrogen-bond acceptors (Lipinski definition) is 8. The Hall–Kier alpha value is -3.95. The van der Waals surface area contributed by atoms with Gasteiger partial charge in [-0.25, -0.2) is 4.79 Å². The molecule has 0 bridgehead atoms. The molecule has 192 valence electrons. The number of ether oxygens (including phenoxy) is 3. The quantitative estimate of drug-likeness (QED) is 0.280. The van der Waals surface area contributed by atoms with Crippen molar-refractivity contribution in [2.75, 3.05) is 13.2 Å². The molecular formula is C26H33N5O5. The van der Waals surface area contributed by atoms with Gasteiger partial charge in [0, 0.05) is 5.56 Å². The molecule has 1 heterocycles. The molecule has 0 aliphatic rings. The molecule has 0 saturated heterocycles. The maximum atomic E-state index is 12.0. The van der Waals surface area contributed by atoms with Gasteiger partial charge in [0.25, 0.3) is 0 Å². The molecule has 0 spiro atoms. The highest BCUT2D eigenvalue weighted by atomic mass is 16.6. The van der Waals surface area contributed by atoms with Gasteiger partial charge in [0.15, 0.2) is 0 Å². The van der Waals surface area contributed by atoms with E-state index in [1.54, 1.807) is 45.0 Å². The number of nitrogens with zero attached hydrogens (tertiary/aromatic N) is 4. The summed E-state index contributed by atoms with van der Waals surface area (Å²) < 4.78 is 16.2. The first kappa shape index (κ1) is 26.7. The second-order valence-electron chi connectivity index (χ2n) is 10.2. The van der Waals surface area contributed by atoms with Gasteiger partial charge in [0.2, 0.25) is 5.82 Å². The minimum absolute atomic E-state index is 0.298. The lowest BCUT2D eigenvalue weighted by Crippen LogP contribution is -2.34. The fraction of sp³-hybridized carbons (Fsp3) is 0.423. The molecular weight excluding hydrogens is 462 g/mol. The summed E-state index contributed by atoms with van der Waals surface area (Å²) in [5.41, 5.74) is 0.628. The van der Waals surface area contributed by atoms with Crippen molar-refractivity contribution in [2.24, 2.45) is 5.41 Å². The third kappa shape index (κ3) is 8.37. The van der Waals surface area contributed by atoms with Gasteiger partial charge in [0.1, 0.15) is 23.7 Å². The first-order valence-electron chi connectivity index (χ1n) is 11.7. The molecule has 0 unspecified atom stereocenters. The number of carbonyl (C=O) groups is 2. The van der Waals surface area contributed by atoms with E-state index in [4.69, 9.17) is 14.2 Å². The Bertz CT molecular complexity index is 1160. The van der Waals surface area contributed by atoms with Crippen LogP contribution in [0.1, 0.15) is 47.1 Å². The van der Waals surface area contributed by atoms with Crippen LogP contribution in [0, 0.1) is 5.41 Å². The van der Waals surface area contributed by atoms with Crippen molar-refractivity contribution < 1.29 is 23.8 Å². The number of rotatable bonds is 8. The molecule has 3 rings (SSSR count). The fourth-order valence-electron chi connectivity index (χ4n) is 2.85. The smallest absolute Gasteiger partial charge is 0.407 e. The van der Waals surface area contributed by atoms with Crippen LogP contribution < -0.4 is 14.8 Å². The van der Waals surface area contributed by atoms with Crippen molar-refractivity contribution >= 4 is 12.1 Å². The van der Waals surface area contributed by atoms with Gasteiger partial charge in [-0.3, -0.25) is 4.79 Å². The van der Waals surface area contributed by atoms with Crippen LogP contribution in [0.3, 0.4) is 0 Å². The van der Waals surface area contributed by atoms with Crippen LogP contribution in [0.25, 0.3) is 11.4 Å². The normalized spacial score (nSPS) is 11.6. The number of carbonyl (C=O) groups excluding carboxylic acids is 2. The highest BCUT2D eigenvalue weighted by Crippen LogP contribution is 2.22. The van der Waals surface area contributed by atoms with E-state index in [0.717, 1.165) is 11.1 Å². The predicted octanol–water partition coefficient (Wildman–Crippen LogP) is 4.24. The third-order valence-corrected chi connectivity index (χ3v) is 4.67. The molecule has 1 amide bonds. The average molecular weight is 496 g/mol. The molecule has 2 aromatic carbocycles. The second-order valence-corrected chi connectivity index (χ2v) is 10.2. The largest absolute Gasteiger partial charge is 0.492 e. The van der Waals surface area contributed by atoms with Gasteiger partial charge in [-0.2, -0.15) is 4.80 Å². The van der Waals surface area contributed by atoms with Crippen molar-refractivity contribution in [1.82, 2.24) is 25.5 Å². The van der Waals surface area contributed by atoms with E-state index in [0.29, 0.717) is 37.0 Å². The number of esters is 1. The third-order valence-electron chi connectivity index (χ3n) is 4.67. The van der Waals surface area contributed by atoms with Crippen molar-refractivity contribution in [2.45, 2.75) is 53.7 Å². The zero-order valence-corrected chi connectivity index (χ0v) is 21.6. The molecule has 3 aromatic rings. The minimum atomic E-state index is -0.577. The lowest BCUT2D eigenvalue weighted by atomic mass is 9.97. The molecule has 0 aliphatic carbocycles. The highest BCUT2D eigenvalue weighted by molar-refractivity contribution is 5.78. The molecule has 0 atom stereocenters. The molecule has 10 heteroatoms. The van der Waals surface area contributed by atoms with Crippen LogP contribution in [0.15, 0.2) is 48.5 Å². The second kappa shape index (κ2) is 11.2. The number of alkyl carbamates (subject to hydrolysis) is 1. The minimum Gasteiger partial charge on any atom is -0.492 e. The van der Waals surface area contributed by atoms with Crippen LogP contribution in [0.2, 0.25) is 0 Å². The number of nitrogens with one attached hydrogen (secondary N) is 1. The van der Waals surface area contributed by atoms with Gasteiger partial charge in [-0.15, -0.1) is 10.2 Å². The summed E-state index contributed by atoms with van der Waals surface area (Å²) in [7, 11) is 0. The van der Waals surface area contributed by atoms with E-state index in [2.05, 4.69) is 20.7 Å². The van der Waals surface area contributed by atoms with Crippen LogP contribution in [-0.4, -0.2) is 51.0 Å². The van der Waals surface area contributed by atoms with Crippen molar-refractivity contribution in [3.8, 4) is 22.9 Å². The molecule has 1 aromatic heterocycles.